The molecule has 3 aromatic heterocycles. The standard InChI is InChI=1S/C24H24N6O3S/c31-22-21(34-24(32)29-22)12-18-5-8-26-23(28-18)30-9-6-16(7-10-30)13-25-14-17-3-4-19(27-15-17)20-2-1-11-33-20/h1-5,8,11-12,15-16,25H,6-7,9-10,13-14H2,(H,29,31,32)/b21-12-. The monoisotopic (exact) mass is 476 g/mol. The molecule has 0 aliphatic carbocycles. The Labute approximate surface area is 201 Å². The Kier molecular flexibility index (Phi) is 6.68. The highest BCUT2D eigenvalue weighted by molar-refractivity contribution is 8.18. The number of thioether (sulfide) groups is 1. The number of furan rings is 1. The van der Waals surface area contributed by atoms with Crippen LogP contribution in [0, 0.1) is 5.92 Å². The number of nitrogens with zero attached hydrogens (tertiary/aromatic N) is 4. The number of amides is 2. The molecule has 174 valence electrons. The van der Waals surface area contributed by atoms with Gasteiger partial charge in [-0.25, -0.2) is 9.97 Å². The maximum absolute atomic E-state index is 11.8. The van der Waals surface area contributed by atoms with Crippen molar-refractivity contribution >= 4 is 34.9 Å². The van der Waals surface area contributed by atoms with Crippen LogP contribution in [0.5, 0.6) is 0 Å². The van der Waals surface area contributed by atoms with Crippen LogP contribution >= 0.6 is 11.8 Å². The van der Waals surface area contributed by atoms with Gasteiger partial charge in [0.05, 0.1) is 16.9 Å². The van der Waals surface area contributed by atoms with Crippen LogP contribution in [0.4, 0.5) is 10.7 Å². The molecule has 2 aliphatic rings. The first-order valence-electron chi connectivity index (χ1n) is 11.2. The van der Waals surface area contributed by atoms with E-state index < -0.39 is 0 Å². The van der Waals surface area contributed by atoms with Gasteiger partial charge in [-0.05, 0) is 73.0 Å². The van der Waals surface area contributed by atoms with Gasteiger partial charge in [0.1, 0.15) is 5.69 Å². The van der Waals surface area contributed by atoms with Crippen molar-refractivity contribution < 1.29 is 14.0 Å². The van der Waals surface area contributed by atoms with Crippen molar-refractivity contribution in [1.82, 2.24) is 25.6 Å². The number of hydrogen-bond acceptors (Lipinski definition) is 9. The van der Waals surface area contributed by atoms with Crippen LogP contribution in [0.2, 0.25) is 0 Å². The van der Waals surface area contributed by atoms with Gasteiger partial charge in [-0.1, -0.05) is 6.07 Å². The quantitative estimate of drug-likeness (QED) is 0.495. The average molecular weight is 477 g/mol. The summed E-state index contributed by atoms with van der Waals surface area (Å²) in [6.45, 7) is 3.47. The van der Waals surface area contributed by atoms with Crippen LogP contribution < -0.4 is 15.5 Å². The molecule has 9 nitrogen and oxygen atoms in total. The summed E-state index contributed by atoms with van der Waals surface area (Å²) < 4.78 is 5.38. The summed E-state index contributed by atoms with van der Waals surface area (Å²) in [6, 6.07) is 9.55. The largest absolute Gasteiger partial charge is 0.463 e. The van der Waals surface area contributed by atoms with E-state index >= 15 is 0 Å². The van der Waals surface area contributed by atoms with Crippen LogP contribution in [0.25, 0.3) is 17.5 Å². The van der Waals surface area contributed by atoms with E-state index in [0.717, 1.165) is 67.8 Å². The fraction of sp³-hybridized carbons (Fsp3) is 0.292. The van der Waals surface area contributed by atoms with E-state index in [1.165, 1.54) is 0 Å². The smallest absolute Gasteiger partial charge is 0.290 e. The Morgan fingerprint density at radius 3 is 2.76 bits per heavy atom. The predicted molar refractivity (Wildman–Crippen MR) is 130 cm³/mol. The number of carbonyl (C=O) groups is 2. The summed E-state index contributed by atoms with van der Waals surface area (Å²) in [5.41, 5.74) is 2.60. The zero-order valence-electron chi connectivity index (χ0n) is 18.4. The van der Waals surface area contributed by atoms with Crippen molar-refractivity contribution in [2.45, 2.75) is 19.4 Å². The molecule has 3 aromatic rings. The van der Waals surface area contributed by atoms with E-state index in [4.69, 9.17) is 4.42 Å². The zero-order chi connectivity index (χ0) is 23.3. The first-order chi connectivity index (χ1) is 16.6. The fourth-order valence-electron chi connectivity index (χ4n) is 4.01. The first kappa shape index (κ1) is 22.3. The number of nitrogens with one attached hydrogen (secondary N) is 2. The van der Waals surface area contributed by atoms with Crippen molar-refractivity contribution in [2.24, 2.45) is 5.92 Å². The molecule has 0 radical (unpaired) electrons. The number of aromatic nitrogens is 3. The molecule has 2 fully saturated rings. The number of imide groups is 1. The van der Waals surface area contributed by atoms with E-state index in [9.17, 15) is 9.59 Å². The van der Waals surface area contributed by atoms with Gasteiger partial charge in [0.25, 0.3) is 11.1 Å². The SMILES string of the molecule is O=C1NC(=O)/C(=C/c2ccnc(N3CCC(CNCc4ccc(-c5ccco5)nc4)CC3)n2)S1. The third-order valence-corrected chi connectivity index (χ3v) is 6.65. The molecule has 10 heteroatoms. The lowest BCUT2D eigenvalue weighted by Gasteiger charge is -2.32. The summed E-state index contributed by atoms with van der Waals surface area (Å²) in [6.07, 6.45) is 8.94. The minimum Gasteiger partial charge on any atom is -0.463 e. The molecule has 0 atom stereocenters. The second-order valence-electron chi connectivity index (χ2n) is 8.22. The fourth-order valence-corrected chi connectivity index (χ4v) is 4.67. The Bertz CT molecular complexity index is 1190. The van der Waals surface area contributed by atoms with Gasteiger partial charge in [0.2, 0.25) is 5.95 Å². The highest BCUT2D eigenvalue weighted by atomic mass is 32.2. The van der Waals surface area contributed by atoms with E-state index in [-0.39, 0.29) is 11.1 Å². The predicted octanol–water partition coefficient (Wildman–Crippen LogP) is 3.46. The zero-order valence-corrected chi connectivity index (χ0v) is 19.3. The van der Waals surface area contributed by atoms with E-state index in [1.807, 2.05) is 24.4 Å². The molecule has 2 amide bonds. The number of hydrogen-bond donors (Lipinski definition) is 2. The van der Waals surface area contributed by atoms with Crippen molar-refractivity contribution in [3.8, 4) is 11.5 Å². The highest BCUT2D eigenvalue weighted by Gasteiger charge is 2.25. The Morgan fingerprint density at radius 1 is 1.18 bits per heavy atom. The molecule has 2 saturated heterocycles. The Hall–Kier alpha value is -3.50. The van der Waals surface area contributed by atoms with Crippen molar-refractivity contribution in [3.63, 3.8) is 0 Å². The van der Waals surface area contributed by atoms with E-state index in [2.05, 4.69) is 36.6 Å². The third kappa shape index (κ3) is 5.35. The second-order valence-corrected chi connectivity index (χ2v) is 9.24. The second kappa shape index (κ2) is 10.2. The van der Waals surface area contributed by atoms with Gasteiger partial charge < -0.3 is 14.6 Å². The molecule has 34 heavy (non-hydrogen) atoms. The minimum atomic E-state index is -0.382. The summed E-state index contributed by atoms with van der Waals surface area (Å²) >= 11 is 0.889. The van der Waals surface area contributed by atoms with Gasteiger partial charge in [-0.3, -0.25) is 19.9 Å². The molecule has 5 heterocycles. The molecular formula is C24H24N6O3S. The molecule has 0 saturated carbocycles. The van der Waals surface area contributed by atoms with Crippen LogP contribution in [-0.2, 0) is 11.3 Å². The highest BCUT2D eigenvalue weighted by Crippen LogP contribution is 2.26. The van der Waals surface area contributed by atoms with Gasteiger partial charge >= 0.3 is 0 Å². The van der Waals surface area contributed by atoms with Gasteiger partial charge in [-0.2, -0.15) is 0 Å². The lowest BCUT2D eigenvalue weighted by molar-refractivity contribution is -0.115. The Morgan fingerprint density at radius 2 is 2.06 bits per heavy atom. The summed E-state index contributed by atoms with van der Waals surface area (Å²) in [5.74, 6) is 1.63. The number of anilines is 1. The molecule has 2 N–H and O–H groups in total. The summed E-state index contributed by atoms with van der Waals surface area (Å²) in [7, 11) is 0. The van der Waals surface area contributed by atoms with Crippen LogP contribution in [0.3, 0.4) is 0 Å². The average Bonchev–Trinajstić information content (AvgIpc) is 3.50. The number of piperidine rings is 1. The lowest BCUT2D eigenvalue weighted by Crippen LogP contribution is -2.38. The van der Waals surface area contributed by atoms with Crippen LogP contribution in [-0.4, -0.2) is 45.7 Å². The van der Waals surface area contributed by atoms with Gasteiger partial charge in [0, 0.05) is 32.0 Å². The molecule has 0 bridgehead atoms. The van der Waals surface area contributed by atoms with Gasteiger partial charge in [0.15, 0.2) is 5.76 Å². The molecule has 0 aromatic carbocycles. The minimum absolute atomic E-state index is 0.352. The first-order valence-corrected chi connectivity index (χ1v) is 12.0. The van der Waals surface area contributed by atoms with Crippen molar-refractivity contribution in [1.29, 1.82) is 0 Å². The van der Waals surface area contributed by atoms with Gasteiger partial charge in [-0.15, -0.1) is 0 Å². The molecule has 0 unspecified atom stereocenters. The maximum atomic E-state index is 11.8. The van der Waals surface area contributed by atoms with Crippen LogP contribution in [0.15, 0.2) is 58.3 Å². The maximum Gasteiger partial charge on any atom is 0.290 e. The van der Waals surface area contributed by atoms with E-state index in [1.54, 1.807) is 24.6 Å². The van der Waals surface area contributed by atoms with Crippen molar-refractivity contribution in [3.05, 3.63) is 65.2 Å². The number of carbonyl (C=O) groups excluding carboxylic acids is 2. The summed E-state index contributed by atoms with van der Waals surface area (Å²) in [4.78, 5) is 39.1. The van der Waals surface area contributed by atoms with Crippen LogP contribution in [0.1, 0.15) is 24.1 Å². The summed E-state index contributed by atoms with van der Waals surface area (Å²) in [5, 5.41) is 5.45. The molecule has 5 rings (SSSR count). The molecule has 2 aliphatic heterocycles. The normalized spacial score (nSPS) is 18.0. The topological polar surface area (TPSA) is 113 Å². The molecular weight excluding hydrogens is 452 g/mol. The van der Waals surface area contributed by atoms with E-state index in [0.29, 0.717) is 22.5 Å². The lowest BCUT2D eigenvalue weighted by atomic mass is 9.97. The third-order valence-electron chi connectivity index (χ3n) is 5.84. The Balaban J connectivity index is 1.09. The number of pyridine rings is 1. The van der Waals surface area contributed by atoms with Crippen molar-refractivity contribution in [2.75, 3.05) is 24.5 Å². The molecule has 0 spiro atoms. The number of rotatable bonds is 7.